The van der Waals surface area contributed by atoms with Crippen molar-refractivity contribution >= 4 is 29.1 Å². The SMILES string of the molecule is CCNC(=NCCc1sc(C)nc1C)NCCSc1ccccc1. The molecule has 0 saturated heterocycles. The van der Waals surface area contributed by atoms with Gasteiger partial charge in [0.2, 0.25) is 0 Å². The van der Waals surface area contributed by atoms with E-state index in [1.807, 2.05) is 17.8 Å². The molecule has 0 atom stereocenters. The number of thioether (sulfide) groups is 1. The van der Waals surface area contributed by atoms with Crippen molar-refractivity contribution in [3.8, 4) is 0 Å². The van der Waals surface area contributed by atoms with Crippen molar-refractivity contribution in [2.45, 2.75) is 32.1 Å². The number of nitrogens with one attached hydrogen (secondary N) is 2. The van der Waals surface area contributed by atoms with Gasteiger partial charge in [-0.1, -0.05) is 18.2 Å². The molecule has 0 saturated carbocycles. The minimum Gasteiger partial charge on any atom is -0.357 e. The van der Waals surface area contributed by atoms with E-state index >= 15 is 0 Å². The lowest BCUT2D eigenvalue weighted by Gasteiger charge is -2.11. The van der Waals surface area contributed by atoms with Crippen LogP contribution in [0.25, 0.3) is 0 Å². The number of benzene rings is 1. The second-order valence-corrected chi connectivity index (χ2v) is 7.80. The molecule has 0 aliphatic heterocycles. The van der Waals surface area contributed by atoms with E-state index in [2.05, 4.69) is 65.6 Å². The molecule has 1 aromatic heterocycles. The summed E-state index contributed by atoms with van der Waals surface area (Å²) < 4.78 is 0. The smallest absolute Gasteiger partial charge is 0.191 e. The van der Waals surface area contributed by atoms with Gasteiger partial charge < -0.3 is 10.6 Å². The summed E-state index contributed by atoms with van der Waals surface area (Å²) in [6.45, 7) is 8.77. The average molecular weight is 363 g/mol. The Bertz CT molecular complexity index is 638. The number of aromatic nitrogens is 1. The molecule has 24 heavy (non-hydrogen) atoms. The van der Waals surface area contributed by atoms with Crippen molar-refractivity contribution < 1.29 is 0 Å². The molecule has 0 bridgehead atoms. The van der Waals surface area contributed by atoms with Crippen molar-refractivity contribution in [1.29, 1.82) is 0 Å². The highest BCUT2D eigenvalue weighted by Crippen LogP contribution is 2.17. The summed E-state index contributed by atoms with van der Waals surface area (Å²) in [4.78, 5) is 11.8. The van der Waals surface area contributed by atoms with Crippen LogP contribution in [0.4, 0.5) is 0 Å². The molecule has 0 aliphatic rings. The van der Waals surface area contributed by atoms with Gasteiger partial charge in [0, 0.05) is 41.6 Å². The molecule has 0 spiro atoms. The van der Waals surface area contributed by atoms with E-state index < -0.39 is 0 Å². The fourth-order valence-corrected chi connectivity index (χ4v) is 3.99. The topological polar surface area (TPSA) is 49.3 Å². The summed E-state index contributed by atoms with van der Waals surface area (Å²) in [6, 6.07) is 10.5. The molecule has 0 amide bonds. The normalized spacial score (nSPS) is 11.5. The Morgan fingerprint density at radius 2 is 2.00 bits per heavy atom. The number of hydrogen-bond donors (Lipinski definition) is 2. The first-order valence-electron chi connectivity index (χ1n) is 8.32. The largest absolute Gasteiger partial charge is 0.357 e. The second kappa shape index (κ2) is 10.4. The minimum absolute atomic E-state index is 0.781. The highest BCUT2D eigenvalue weighted by molar-refractivity contribution is 7.99. The summed E-state index contributed by atoms with van der Waals surface area (Å²) in [5.74, 6) is 1.91. The van der Waals surface area contributed by atoms with Crippen LogP contribution in [0, 0.1) is 13.8 Å². The number of aliphatic imine (C=N–C) groups is 1. The van der Waals surface area contributed by atoms with Gasteiger partial charge in [-0.15, -0.1) is 23.1 Å². The predicted octanol–water partition coefficient (Wildman–Crippen LogP) is 3.65. The molecule has 2 N–H and O–H groups in total. The number of guanidine groups is 1. The van der Waals surface area contributed by atoms with Gasteiger partial charge in [-0.05, 0) is 32.9 Å². The van der Waals surface area contributed by atoms with Crippen LogP contribution in [-0.2, 0) is 6.42 Å². The molecule has 2 aromatic rings. The number of nitrogens with zero attached hydrogens (tertiary/aromatic N) is 2. The first-order chi connectivity index (χ1) is 11.7. The molecular weight excluding hydrogens is 336 g/mol. The fourth-order valence-electron chi connectivity index (χ4n) is 2.27. The van der Waals surface area contributed by atoms with Crippen LogP contribution in [0.3, 0.4) is 0 Å². The Morgan fingerprint density at radius 3 is 2.67 bits per heavy atom. The first-order valence-corrected chi connectivity index (χ1v) is 10.1. The highest BCUT2D eigenvalue weighted by atomic mass is 32.2. The van der Waals surface area contributed by atoms with Gasteiger partial charge in [0.25, 0.3) is 0 Å². The van der Waals surface area contributed by atoms with Gasteiger partial charge >= 0.3 is 0 Å². The molecular formula is C18H26N4S2. The van der Waals surface area contributed by atoms with Crippen LogP contribution in [-0.4, -0.2) is 36.3 Å². The molecule has 0 aliphatic carbocycles. The van der Waals surface area contributed by atoms with Crippen molar-refractivity contribution in [1.82, 2.24) is 15.6 Å². The van der Waals surface area contributed by atoms with Crippen LogP contribution in [0.15, 0.2) is 40.2 Å². The standard InChI is InChI=1S/C18H26N4S2/c1-4-19-18(20-11-10-17-14(2)22-15(3)24-17)21-12-13-23-16-8-6-5-7-9-16/h5-9H,4,10-13H2,1-3H3,(H2,19,20,21). The zero-order valence-electron chi connectivity index (χ0n) is 14.6. The number of aryl methyl sites for hydroxylation is 2. The fraction of sp³-hybridized carbons (Fsp3) is 0.444. The number of thiazole rings is 1. The van der Waals surface area contributed by atoms with E-state index in [0.29, 0.717) is 0 Å². The third-order valence-electron chi connectivity index (χ3n) is 3.36. The Kier molecular flexibility index (Phi) is 8.12. The van der Waals surface area contributed by atoms with E-state index in [-0.39, 0.29) is 0 Å². The lowest BCUT2D eigenvalue weighted by Crippen LogP contribution is -2.38. The summed E-state index contributed by atoms with van der Waals surface area (Å²) in [7, 11) is 0. The Balaban J connectivity index is 1.74. The lowest BCUT2D eigenvalue weighted by molar-refractivity contribution is 0.837. The van der Waals surface area contributed by atoms with Crippen LogP contribution in [0.5, 0.6) is 0 Å². The maximum Gasteiger partial charge on any atom is 0.191 e. The summed E-state index contributed by atoms with van der Waals surface area (Å²) in [5.41, 5.74) is 1.14. The van der Waals surface area contributed by atoms with E-state index in [0.717, 1.165) is 48.5 Å². The zero-order chi connectivity index (χ0) is 17.2. The van der Waals surface area contributed by atoms with Crippen molar-refractivity contribution in [2.75, 3.05) is 25.4 Å². The average Bonchev–Trinajstić information content (AvgIpc) is 2.90. The number of hydrogen-bond acceptors (Lipinski definition) is 4. The monoisotopic (exact) mass is 362 g/mol. The molecule has 0 fully saturated rings. The van der Waals surface area contributed by atoms with E-state index in [4.69, 9.17) is 0 Å². The first kappa shape index (κ1) is 18.8. The molecule has 6 heteroatoms. The summed E-state index contributed by atoms with van der Waals surface area (Å²) in [6.07, 6.45) is 0.951. The Hall–Kier alpha value is -1.53. The molecule has 0 unspecified atom stereocenters. The Labute approximate surface area is 153 Å². The summed E-state index contributed by atoms with van der Waals surface area (Å²) >= 11 is 3.63. The molecule has 130 valence electrons. The predicted molar refractivity (Wildman–Crippen MR) is 106 cm³/mol. The van der Waals surface area contributed by atoms with Crippen molar-refractivity contribution in [2.24, 2.45) is 4.99 Å². The zero-order valence-corrected chi connectivity index (χ0v) is 16.3. The molecule has 2 rings (SSSR count). The highest BCUT2D eigenvalue weighted by Gasteiger charge is 2.04. The van der Waals surface area contributed by atoms with E-state index in [1.54, 1.807) is 11.3 Å². The minimum atomic E-state index is 0.781. The molecule has 0 radical (unpaired) electrons. The van der Waals surface area contributed by atoms with Gasteiger partial charge in [0.15, 0.2) is 5.96 Å². The van der Waals surface area contributed by atoms with Gasteiger partial charge in [-0.25, -0.2) is 4.98 Å². The van der Waals surface area contributed by atoms with Gasteiger partial charge in [0.1, 0.15) is 0 Å². The molecule has 1 aromatic carbocycles. The Morgan fingerprint density at radius 1 is 1.21 bits per heavy atom. The van der Waals surface area contributed by atoms with Crippen LogP contribution in [0.2, 0.25) is 0 Å². The van der Waals surface area contributed by atoms with Crippen LogP contribution < -0.4 is 10.6 Å². The third-order valence-corrected chi connectivity index (χ3v) is 5.51. The van der Waals surface area contributed by atoms with E-state index in [1.165, 1.54) is 9.77 Å². The molecule has 4 nitrogen and oxygen atoms in total. The third kappa shape index (κ3) is 6.53. The maximum atomic E-state index is 4.67. The number of rotatable bonds is 8. The van der Waals surface area contributed by atoms with Gasteiger partial charge in [-0.2, -0.15) is 0 Å². The van der Waals surface area contributed by atoms with E-state index in [9.17, 15) is 0 Å². The summed E-state index contributed by atoms with van der Waals surface area (Å²) in [5, 5.41) is 7.84. The van der Waals surface area contributed by atoms with Crippen LogP contribution >= 0.6 is 23.1 Å². The van der Waals surface area contributed by atoms with Gasteiger partial charge in [0.05, 0.1) is 10.7 Å². The van der Waals surface area contributed by atoms with Crippen molar-refractivity contribution in [3.63, 3.8) is 0 Å². The van der Waals surface area contributed by atoms with Gasteiger partial charge in [-0.3, -0.25) is 4.99 Å². The quantitative estimate of drug-likeness (QED) is 0.326. The molecule has 1 heterocycles. The maximum absolute atomic E-state index is 4.67. The van der Waals surface area contributed by atoms with Crippen molar-refractivity contribution in [3.05, 3.63) is 45.9 Å². The lowest BCUT2D eigenvalue weighted by atomic mass is 10.3. The second-order valence-electron chi connectivity index (χ2n) is 5.34. The van der Waals surface area contributed by atoms with Crippen LogP contribution in [0.1, 0.15) is 22.5 Å².